The third-order valence-corrected chi connectivity index (χ3v) is 2.75. The fourth-order valence-corrected chi connectivity index (χ4v) is 1.96. The van der Waals surface area contributed by atoms with Gasteiger partial charge in [-0.1, -0.05) is 6.07 Å². The molecule has 0 aromatic carbocycles. The predicted octanol–water partition coefficient (Wildman–Crippen LogP) is 1.56. The maximum atomic E-state index is 5.66. The highest BCUT2D eigenvalue weighted by Crippen LogP contribution is 2.40. The van der Waals surface area contributed by atoms with Gasteiger partial charge < -0.3 is 5.73 Å². The van der Waals surface area contributed by atoms with Gasteiger partial charge in [0.2, 0.25) is 0 Å². The number of nitrogens with two attached hydrogens (primary N) is 1. The molecule has 0 bridgehead atoms. The van der Waals surface area contributed by atoms with Gasteiger partial charge in [0.25, 0.3) is 0 Å². The van der Waals surface area contributed by atoms with Crippen LogP contribution in [0.4, 0.5) is 0 Å². The summed E-state index contributed by atoms with van der Waals surface area (Å²) >= 11 is 1.82. The molecule has 0 amide bonds. The van der Waals surface area contributed by atoms with Crippen molar-refractivity contribution in [2.24, 2.45) is 5.73 Å². The van der Waals surface area contributed by atoms with Gasteiger partial charge in [-0.05, 0) is 17.9 Å². The summed E-state index contributed by atoms with van der Waals surface area (Å²) < 4.78 is 0. The van der Waals surface area contributed by atoms with Crippen molar-refractivity contribution in [1.82, 2.24) is 0 Å². The van der Waals surface area contributed by atoms with Crippen LogP contribution >= 0.6 is 11.3 Å². The van der Waals surface area contributed by atoms with E-state index in [2.05, 4.69) is 17.5 Å². The highest BCUT2D eigenvalue weighted by atomic mass is 32.1. The van der Waals surface area contributed by atoms with Crippen LogP contribution in [-0.4, -0.2) is 6.04 Å². The first kappa shape index (κ1) is 5.45. The Kier molecular flexibility index (Phi) is 1.10. The topological polar surface area (TPSA) is 26.0 Å². The Morgan fingerprint density at radius 3 is 2.89 bits per heavy atom. The predicted molar refractivity (Wildman–Crippen MR) is 39.7 cm³/mol. The van der Waals surface area contributed by atoms with E-state index in [4.69, 9.17) is 5.73 Å². The summed E-state index contributed by atoms with van der Waals surface area (Å²) in [5.74, 6) is 0.699. The molecule has 1 heterocycles. The van der Waals surface area contributed by atoms with Crippen LogP contribution in [0.15, 0.2) is 17.5 Å². The van der Waals surface area contributed by atoms with Gasteiger partial charge in [-0.15, -0.1) is 11.3 Å². The summed E-state index contributed by atoms with van der Waals surface area (Å²) in [4.78, 5) is 1.46. The average Bonchev–Trinajstić information content (AvgIpc) is 2.44. The molecule has 0 radical (unpaired) electrons. The average molecular weight is 139 g/mol. The Morgan fingerprint density at radius 2 is 2.44 bits per heavy atom. The van der Waals surface area contributed by atoms with Gasteiger partial charge in [-0.25, -0.2) is 0 Å². The molecular formula is C7H9NS. The first-order valence-electron chi connectivity index (χ1n) is 3.17. The van der Waals surface area contributed by atoms with Gasteiger partial charge in [0, 0.05) is 16.8 Å². The van der Waals surface area contributed by atoms with Crippen LogP contribution in [0.1, 0.15) is 17.2 Å². The third kappa shape index (κ3) is 0.884. The van der Waals surface area contributed by atoms with Crippen molar-refractivity contribution in [3.63, 3.8) is 0 Å². The van der Waals surface area contributed by atoms with Crippen molar-refractivity contribution >= 4 is 11.3 Å². The largest absolute Gasteiger partial charge is 0.327 e. The minimum Gasteiger partial charge on any atom is -0.327 e. The lowest BCUT2D eigenvalue weighted by molar-refractivity contribution is 1.01. The Bertz CT molecular complexity index is 193. The van der Waals surface area contributed by atoms with Crippen molar-refractivity contribution in [1.29, 1.82) is 0 Å². The van der Waals surface area contributed by atoms with Crippen LogP contribution < -0.4 is 5.73 Å². The second-order valence-electron chi connectivity index (χ2n) is 2.52. The summed E-state index contributed by atoms with van der Waals surface area (Å²) in [5.41, 5.74) is 5.66. The molecule has 0 saturated heterocycles. The molecule has 1 nitrogen and oxygen atoms in total. The Hall–Kier alpha value is -0.340. The van der Waals surface area contributed by atoms with Crippen molar-refractivity contribution in [2.45, 2.75) is 18.4 Å². The quantitative estimate of drug-likeness (QED) is 0.628. The minimum absolute atomic E-state index is 0.462. The number of hydrogen-bond acceptors (Lipinski definition) is 2. The second kappa shape index (κ2) is 1.82. The molecule has 9 heavy (non-hydrogen) atoms. The van der Waals surface area contributed by atoms with Gasteiger partial charge in [0.05, 0.1) is 0 Å². The van der Waals surface area contributed by atoms with Gasteiger partial charge in [-0.2, -0.15) is 0 Å². The Balaban J connectivity index is 2.18. The number of thiophene rings is 1. The molecule has 2 N–H and O–H groups in total. The molecule has 1 aliphatic carbocycles. The molecule has 1 aliphatic rings. The molecular weight excluding hydrogens is 130 g/mol. The van der Waals surface area contributed by atoms with Crippen molar-refractivity contribution in [3.8, 4) is 0 Å². The van der Waals surface area contributed by atoms with E-state index >= 15 is 0 Å². The van der Waals surface area contributed by atoms with E-state index in [-0.39, 0.29) is 0 Å². The zero-order chi connectivity index (χ0) is 6.27. The Morgan fingerprint density at radius 1 is 1.67 bits per heavy atom. The normalized spacial score (nSPS) is 32.6. The first-order chi connectivity index (χ1) is 4.38. The van der Waals surface area contributed by atoms with Crippen LogP contribution in [0, 0.1) is 0 Å². The van der Waals surface area contributed by atoms with Crippen LogP contribution in [0.2, 0.25) is 0 Å². The first-order valence-corrected chi connectivity index (χ1v) is 4.05. The van der Waals surface area contributed by atoms with E-state index in [1.165, 1.54) is 11.3 Å². The van der Waals surface area contributed by atoms with E-state index in [9.17, 15) is 0 Å². The highest BCUT2D eigenvalue weighted by Gasteiger charge is 2.35. The Labute approximate surface area is 58.5 Å². The standard InChI is InChI=1S/C7H9NS/c8-6-4-5(6)7-2-1-3-9-7/h1-3,5-6H,4,8H2. The van der Waals surface area contributed by atoms with Crippen LogP contribution in [0.3, 0.4) is 0 Å². The molecule has 0 aliphatic heterocycles. The maximum absolute atomic E-state index is 5.66. The third-order valence-electron chi connectivity index (χ3n) is 1.75. The summed E-state index contributed by atoms with van der Waals surface area (Å²) in [5, 5.41) is 2.11. The molecule has 2 heteroatoms. The fourth-order valence-electron chi connectivity index (χ4n) is 1.04. The number of hydrogen-bond donors (Lipinski definition) is 1. The summed E-state index contributed by atoms with van der Waals surface area (Å²) in [6, 6.07) is 4.72. The lowest BCUT2D eigenvalue weighted by atomic mass is 10.3. The van der Waals surface area contributed by atoms with Crippen molar-refractivity contribution < 1.29 is 0 Å². The molecule has 1 aromatic rings. The maximum Gasteiger partial charge on any atom is 0.0123 e. The van der Waals surface area contributed by atoms with Crippen LogP contribution in [0.25, 0.3) is 0 Å². The molecule has 2 unspecified atom stereocenters. The summed E-state index contributed by atoms with van der Waals surface area (Å²) in [6.07, 6.45) is 1.19. The molecule has 0 spiro atoms. The van der Waals surface area contributed by atoms with E-state index in [0.29, 0.717) is 12.0 Å². The van der Waals surface area contributed by atoms with E-state index in [0.717, 1.165) is 0 Å². The van der Waals surface area contributed by atoms with Gasteiger partial charge in [0.15, 0.2) is 0 Å². The van der Waals surface area contributed by atoms with Crippen molar-refractivity contribution in [2.75, 3.05) is 0 Å². The second-order valence-corrected chi connectivity index (χ2v) is 3.50. The smallest absolute Gasteiger partial charge is 0.0123 e. The highest BCUT2D eigenvalue weighted by molar-refractivity contribution is 7.10. The lowest BCUT2D eigenvalue weighted by Gasteiger charge is -1.86. The molecule has 1 aromatic heterocycles. The van der Waals surface area contributed by atoms with Crippen LogP contribution in [-0.2, 0) is 0 Å². The minimum atomic E-state index is 0.462. The fraction of sp³-hybridized carbons (Fsp3) is 0.429. The molecule has 48 valence electrons. The van der Waals surface area contributed by atoms with E-state index < -0.39 is 0 Å². The molecule has 1 fully saturated rings. The molecule has 2 atom stereocenters. The zero-order valence-electron chi connectivity index (χ0n) is 5.08. The number of rotatable bonds is 1. The van der Waals surface area contributed by atoms with Gasteiger partial charge in [-0.3, -0.25) is 0 Å². The SMILES string of the molecule is NC1CC1c1cccs1. The molecule has 1 saturated carbocycles. The zero-order valence-corrected chi connectivity index (χ0v) is 5.90. The monoisotopic (exact) mass is 139 g/mol. The van der Waals surface area contributed by atoms with E-state index in [1.54, 1.807) is 0 Å². The van der Waals surface area contributed by atoms with Crippen molar-refractivity contribution in [3.05, 3.63) is 22.4 Å². The van der Waals surface area contributed by atoms with E-state index in [1.807, 2.05) is 11.3 Å². The molecule has 2 rings (SSSR count). The summed E-state index contributed by atoms with van der Waals surface area (Å²) in [7, 11) is 0. The van der Waals surface area contributed by atoms with Crippen LogP contribution in [0.5, 0.6) is 0 Å². The van der Waals surface area contributed by atoms with Gasteiger partial charge in [0.1, 0.15) is 0 Å². The lowest BCUT2D eigenvalue weighted by Crippen LogP contribution is -1.99. The van der Waals surface area contributed by atoms with Gasteiger partial charge >= 0.3 is 0 Å². The summed E-state index contributed by atoms with van der Waals surface area (Å²) in [6.45, 7) is 0.